The maximum absolute atomic E-state index is 5.55. The van der Waals surface area contributed by atoms with Crippen LogP contribution < -0.4 is 0 Å². The summed E-state index contributed by atoms with van der Waals surface area (Å²) in [7, 11) is 0. The summed E-state index contributed by atoms with van der Waals surface area (Å²) >= 11 is 16.7. The SMILES string of the molecule is C=C(OCC(Cl)(Cl)Cl)C(C)CCCC. The predicted octanol–water partition coefficient (Wildman–Crippen LogP) is 4.71. The van der Waals surface area contributed by atoms with Crippen molar-refractivity contribution in [2.45, 2.75) is 36.9 Å². The van der Waals surface area contributed by atoms with Crippen LogP contribution in [0.5, 0.6) is 0 Å². The first-order chi connectivity index (χ1) is 6.37. The fourth-order valence-corrected chi connectivity index (χ4v) is 1.15. The maximum Gasteiger partial charge on any atom is 0.223 e. The Hall–Kier alpha value is 0.410. The van der Waals surface area contributed by atoms with Crippen molar-refractivity contribution in [1.29, 1.82) is 0 Å². The molecule has 0 heterocycles. The first-order valence-corrected chi connectivity index (χ1v) is 5.88. The van der Waals surface area contributed by atoms with E-state index in [4.69, 9.17) is 39.5 Å². The van der Waals surface area contributed by atoms with E-state index in [0.29, 0.717) is 11.7 Å². The third kappa shape index (κ3) is 7.78. The summed E-state index contributed by atoms with van der Waals surface area (Å²) in [5, 5.41) is 0. The molecule has 0 aliphatic carbocycles. The van der Waals surface area contributed by atoms with E-state index >= 15 is 0 Å². The van der Waals surface area contributed by atoms with E-state index in [1.54, 1.807) is 0 Å². The van der Waals surface area contributed by atoms with Gasteiger partial charge in [-0.1, -0.05) is 68.1 Å². The molecule has 0 aliphatic rings. The lowest BCUT2D eigenvalue weighted by Crippen LogP contribution is -2.14. The molecule has 14 heavy (non-hydrogen) atoms. The molecule has 0 fully saturated rings. The lowest BCUT2D eigenvalue weighted by molar-refractivity contribution is 0.184. The Bertz CT molecular complexity index is 175. The molecule has 0 aliphatic heterocycles. The minimum atomic E-state index is -1.35. The van der Waals surface area contributed by atoms with E-state index < -0.39 is 3.79 Å². The van der Waals surface area contributed by atoms with Gasteiger partial charge in [0.25, 0.3) is 0 Å². The van der Waals surface area contributed by atoms with Crippen molar-refractivity contribution < 1.29 is 4.74 Å². The standard InChI is InChI=1S/C10H17Cl3O/c1-4-5-6-8(2)9(3)14-7-10(11,12)13/h8H,3-7H2,1-2H3. The number of unbranched alkanes of at least 4 members (excludes halogenated alkanes) is 1. The Morgan fingerprint density at radius 2 is 2.00 bits per heavy atom. The number of hydrogen-bond donors (Lipinski definition) is 0. The van der Waals surface area contributed by atoms with Gasteiger partial charge in [0.2, 0.25) is 3.79 Å². The molecule has 0 saturated heterocycles. The minimum absolute atomic E-state index is 0.0625. The Labute approximate surface area is 101 Å². The number of allylic oxidation sites excluding steroid dienone is 1. The zero-order valence-corrected chi connectivity index (χ0v) is 10.9. The van der Waals surface area contributed by atoms with E-state index in [9.17, 15) is 0 Å². The van der Waals surface area contributed by atoms with Crippen LogP contribution in [0.25, 0.3) is 0 Å². The van der Waals surface area contributed by atoms with Crippen LogP contribution in [0.2, 0.25) is 0 Å². The van der Waals surface area contributed by atoms with Gasteiger partial charge in [-0.05, 0) is 6.42 Å². The predicted molar refractivity (Wildman–Crippen MR) is 64.1 cm³/mol. The second-order valence-corrected chi connectivity index (χ2v) is 5.93. The second kappa shape index (κ2) is 6.81. The van der Waals surface area contributed by atoms with Crippen molar-refractivity contribution in [3.05, 3.63) is 12.3 Å². The lowest BCUT2D eigenvalue weighted by atomic mass is 10.0. The van der Waals surface area contributed by atoms with E-state index in [-0.39, 0.29) is 6.61 Å². The summed E-state index contributed by atoms with van der Waals surface area (Å²) < 4.78 is 3.92. The molecule has 0 aromatic heterocycles. The molecule has 0 aromatic rings. The third-order valence-electron chi connectivity index (χ3n) is 1.96. The van der Waals surface area contributed by atoms with Crippen molar-refractivity contribution in [1.82, 2.24) is 0 Å². The van der Waals surface area contributed by atoms with Gasteiger partial charge < -0.3 is 4.74 Å². The molecule has 0 aromatic carbocycles. The van der Waals surface area contributed by atoms with Gasteiger partial charge in [0.05, 0.1) is 5.76 Å². The minimum Gasteiger partial charge on any atom is -0.494 e. The zero-order chi connectivity index (χ0) is 11.2. The highest BCUT2D eigenvalue weighted by atomic mass is 35.6. The Morgan fingerprint density at radius 1 is 1.43 bits per heavy atom. The van der Waals surface area contributed by atoms with Crippen molar-refractivity contribution >= 4 is 34.8 Å². The summed E-state index contributed by atoms with van der Waals surface area (Å²) in [6.45, 7) is 8.09. The van der Waals surface area contributed by atoms with Gasteiger partial charge >= 0.3 is 0 Å². The van der Waals surface area contributed by atoms with Crippen LogP contribution in [-0.4, -0.2) is 10.4 Å². The molecule has 1 atom stereocenters. The number of alkyl halides is 3. The van der Waals surface area contributed by atoms with Gasteiger partial charge in [0.15, 0.2) is 0 Å². The lowest BCUT2D eigenvalue weighted by Gasteiger charge is -2.18. The number of hydrogen-bond acceptors (Lipinski definition) is 1. The summed E-state index contributed by atoms with van der Waals surface area (Å²) in [4.78, 5) is 0. The van der Waals surface area contributed by atoms with Crippen LogP contribution in [0, 0.1) is 5.92 Å². The molecule has 0 rings (SSSR count). The molecule has 1 unspecified atom stereocenters. The van der Waals surface area contributed by atoms with Gasteiger partial charge in [-0.25, -0.2) is 0 Å². The molecule has 0 bridgehead atoms. The van der Waals surface area contributed by atoms with E-state index in [0.717, 1.165) is 12.8 Å². The zero-order valence-electron chi connectivity index (χ0n) is 8.66. The molecular formula is C10H17Cl3O. The molecule has 0 spiro atoms. The fraction of sp³-hybridized carbons (Fsp3) is 0.800. The fourth-order valence-electron chi connectivity index (χ4n) is 0.988. The quantitative estimate of drug-likeness (QED) is 0.496. The van der Waals surface area contributed by atoms with Crippen molar-refractivity contribution in [2.75, 3.05) is 6.61 Å². The van der Waals surface area contributed by atoms with Gasteiger partial charge in [0, 0.05) is 5.92 Å². The maximum atomic E-state index is 5.55. The van der Waals surface area contributed by atoms with Crippen molar-refractivity contribution in [2.24, 2.45) is 5.92 Å². The van der Waals surface area contributed by atoms with Gasteiger partial charge in [-0.15, -0.1) is 0 Å². The third-order valence-corrected chi connectivity index (χ3v) is 2.29. The van der Waals surface area contributed by atoms with Crippen LogP contribution in [-0.2, 0) is 4.74 Å². The smallest absolute Gasteiger partial charge is 0.223 e. The number of ether oxygens (including phenoxy) is 1. The summed E-state index contributed by atoms with van der Waals surface area (Å²) in [6.07, 6.45) is 3.40. The molecule has 1 nitrogen and oxygen atoms in total. The number of halogens is 3. The average molecular weight is 260 g/mol. The second-order valence-electron chi connectivity index (χ2n) is 3.41. The van der Waals surface area contributed by atoms with E-state index in [1.807, 2.05) is 0 Å². The largest absolute Gasteiger partial charge is 0.494 e. The summed E-state index contributed by atoms with van der Waals surface area (Å²) in [5.74, 6) is 1.02. The van der Waals surface area contributed by atoms with Crippen LogP contribution in [0.4, 0.5) is 0 Å². The van der Waals surface area contributed by atoms with E-state index in [2.05, 4.69) is 20.4 Å². The monoisotopic (exact) mass is 258 g/mol. The first kappa shape index (κ1) is 14.4. The molecule has 0 saturated carbocycles. The van der Waals surface area contributed by atoms with Crippen molar-refractivity contribution in [3.8, 4) is 0 Å². The Morgan fingerprint density at radius 3 is 2.43 bits per heavy atom. The highest BCUT2D eigenvalue weighted by Crippen LogP contribution is 2.28. The van der Waals surface area contributed by atoms with Gasteiger partial charge in [-0.2, -0.15) is 0 Å². The van der Waals surface area contributed by atoms with Crippen LogP contribution in [0.15, 0.2) is 12.3 Å². The topological polar surface area (TPSA) is 9.23 Å². The van der Waals surface area contributed by atoms with Crippen molar-refractivity contribution in [3.63, 3.8) is 0 Å². The van der Waals surface area contributed by atoms with Crippen LogP contribution >= 0.6 is 34.8 Å². The summed E-state index contributed by atoms with van der Waals surface area (Å²) in [6, 6.07) is 0. The molecule has 4 heteroatoms. The average Bonchev–Trinajstić information content (AvgIpc) is 2.09. The molecule has 84 valence electrons. The van der Waals surface area contributed by atoms with Crippen LogP contribution in [0.1, 0.15) is 33.1 Å². The molecule has 0 amide bonds. The Kier molecular flexibility index (Phi) is 7.01. The van der Waals surface area contributed by atoms with Crippen LogP contribution in [0.3, 0.4) is 0 Å². The summed E-state index contributed by atoms with van der Waals surface area (Å²) in [5.41, 5.74) is 0. The molecule has 0 N–H and O–H groups in total. The molecule has 0 radical (unpaired) electrons. The Balaban J connectivity index is 3.73. The van der Waals surface area contributed by atoms with Gasteiger partial charge in [-0.3, -0.25) is 0 Å². The first-order valence-electron chi connectivity index (χ1n) is 4.75. The normalized spacial score (nSPS) is 13.8. The number of rotatable bonds is 6. The highest BCUT2D eigenvalue weighted by molar-refractivity contribution is 6.67. The van der Waals surface area contributed by atoms with E-state index in [1.165, 1.54) is 6.42 Å². The van der Waals surface area contributed by atoms with Gasteiger partial charge in [0.1, 0.15) is 6.61 Å². The highest BCUT2D eigenvalue weighted by Gasteiger charge is 2.21. The molecular weight excluding hydrogens is 242 g/mol.